The lowest BCUT2D eigenvalue weighted by atomic mass is 10.2. The van der Waals surface area contributed by atoms with E-state index in [0.717, 1.165) is 0 Å². The third-order valence-corrected chi connectivity index (χ3v) is 1.42. The van der Waals surface area contributed by atoms with E-state index in [9.17, 15) is 9.59 Å². The van der Waals surface area contributed by atoms with Crippen LogP contribution >= 0.6 is 0 Å². The van der Waals surface area contributed by atoms with Crippen molar-refractivity contribution >= 4 is 12.1 Å². The molecule has 0 aromatic carbocycles. The van der Waals surface area contributed by atoms with Gasteiger partial charge >= 0.3 is 12.1 Å². The van der Waals surface area contributed by atoms with E-state index in [4.69, 9.17) is 9.47 Å². The Bertz CT molecular complexity index is 289. The maximum absolute atomic E-state index is 11.4. The molecule has 0 aliphatic heterocycles. The molecule has 0 aromatic rings. The van der Waals surface area contributed by atoms with Gasteiger partial charge in [-0.05, 0) is 34.6 Å². The molecule has 0 saturated heterocycles. The summed E-state index contributed by atoms with van der Waals surface area (Å²) in [6.07, 6.45) is 0.788. The molecule has 0 fully saturated rings. The van der Waals surface area contributed by atoms with Gasteiger partial charge in [0.2, 0.25) is 0 Å². The van der Waals surface area contributed by atoms with Crippen LogP contribution in [0.25, 0.3) is 0 Å². The van der Waals surface area contributed by atoms with Crippen LogP contribution in [-0.4, -0.2) is 24.3 Å². The Morgan fingerprint density at radius 2 is 1.88 bits per heavy atom. The van der Waals surface area contributed by atoms with Crippen molar-refractivity contribution in [3.8, 4) is 0 Å². The molecule has 0 radical (unpaired) electrons. The fourth-order valence-corrected chi connectivity index (χ4v) is 0.863. The van der Waals surface area contributed by atoms with Gasteiger partial charge in [0.1, 0.15) is 11.3 Å². The number of nitrogens with one attached hydrogen (secondary N) is 1. The van der Waals surface area contributed by atoms with Crippen LogP contribution in [0.4, 0.5) is 4.79 Å². The molecule has 0 spiro atoms. The molecule has 1 amide bonds. The number of amides is 1. The zero-order valence-corrected chi connectivity index (χ0v) is 10.4. The molecule has 0 bridgehead atoms. The van der Waals surface area contributed by atoms with Gasteiger partial charge in [-0.15, -0.1) is 0 Å². The van der Waals surface area contributed by atoms with Crippen LogP contribution in [-0.2, 0) is 14.3 Å². The maximum Gasteiger partial charge on any atom is 0.412 e. The minimum absolute atomic E-state index is 0.0797. The molecule has 0 atom stereocenters. The standard InChI is InChI=1S/C11H19NO4/c1-6-8(9(13)15-7-2)12-10(14)16-11(3,4)5/h6H,7H2,1-5H3,(H,12,14)/b8-6-. The smallest absolute Gasteiger partial charge is 0.412 e. The minimum atomic E-state index is -0.673. The third-order valence-electron chi connectivity index (χ3n) is 1.42. The van der Waals surface area contributed by atoms with E-state index < -0.39 is 17.7 Å². The van der Waals surface area contributed by atoms with Crippen LogP contribution in [0.15, 0.2) is 11.8 Å². The first-order valence-electron chi connectivity index (χ1n) is 5.13. The Morgan fingerprint density at radius 1 is 1.31 bits per heavy atom. The zero-order valence-electron chi connectivity index (χ0n) is 10.4. The predicted molar refractivity (Wildman–Crippen MR) is 59.8 cm³/mol. The first kappa shape index (κ1) is 14.5. The van der Waals surface area contributed by atoms with E-state index in [1.807, 2.05) is 0 Å². The zero-order chi connectivity index (χ0) is 12.8. The second-order valence-electron chi connectivity index (χ2n) is 4.05. The lowest BCUT2D eigenvalue weighted by Gasteiger charge is -2.20. The van der Waals surface area contributed by atoms with Gasteiger partial charge in [0.05, 0.1) is 6.61 Å². The summed E-state index contributed by atoms with van der Waals surface area (Å²) in [5.74, 6) is -0.573. The van der Waals surface area contributed by atoms with Gasteiger partial charge in [-0.1, -0.05) is 6.08 Å². The number of esters is 1. The number of rotatable bonds is 3. The van der Waals surface area contributed by atoms with Gasteiger partial charge in [-0.2, -0.15) is 0 Å². The average molecular weight is 229 g/mol. The second kappa shape index (κ2) is 6.15. The van der Waals surface area contributed by atoms with Crippen molar-refractivity contribution in [1.82, 2.24) is 5.32 Å². The Hall–Kier alpha value is -1.52. The van der Waals surface area contributed by atoms with Crippen molar-refractivity contribution < 1.29 is 19.1 Å². The number of carbonyl (C=O) groups is 2. The molecule has 5 heteroatoms. The summed E-state index contributed by atoms with van der Waals surface area (Å²) in [6, 6.07) is 0. The summed E-state index contributed by atoms with van der Waals surface area (Å²) in [7, 11) is 0. The number of alkyl carbamates (subject to hydrolysis) is 1. The Labute approximate surface area is 95.8 Å². The SMILES string of the molecule is C/C=C(\NC(=O)OC(C)(C)C)C(=O)OCC. The monoisotopic (exact) mass is 229 g/mol. The quantitative estimate of drug-likeness (QED) is 0.593. The summed E-state index contributed by atoms with van der Waals surface area (Å²) in [5, 5.41) is 2.33. The highest BCUT2D eigenvalue weighted by molar-refractivity contribution is 5.92. The first-order chi connectivity index (χ1) is 7.30. The summed E-state index contributed by atoms with van der Waals surface area (Å²) in [6.45, 7) is 8.80. The fraction of sp³-hybridized carbons (Fsp3) is 0.636. The van der Waals surface area contributed by atoms with E-state index >= 15 is 0 Å². The molecule has 1 N–H and O–H groups in total. The van der Waals surface area contributed by atoms with E-state index in [1.54, 1.807) is 34.6 Å². The lowest BCUT2D eigenvalue weighted by Crippen LogP contribution is -2.34. The molecule has 0 aliphatic carbocycles. The molecule has 0 heterocycles. The number of allylic oxidation sites excluding steroid dienone is 1. The van der Waals surface area contributed by atoms with Gasteiger partial charge < -0.3 is 9.47 Å². The van der Waals surface area contributed by atoms with Crippen LogP contribution in [0.3, 0.4) is 0 Å². The summed E-state index contributed by atoms with van der Waals surface area (Å²) in [5.41, 5.74) is -0.520. The maximum atomic E-state index is 11.4. The predicted octanol–water partition coefficient (Wildman–Crippen LogP) is 1.98. The molecule has 0 aliphatic rings. The highest BCUT2D eigenvalue weighted by atomic mass is 16.6. The van der Waals surface area contributed by atoms with E-state index in [0.29, 0.717) is 0 Å². The number of carbonyl (C=O) groups excluding carboxylic acids is 2. The van der Waals surface area contributed by atoms with Gasteiger partial charge in [-0.25, -0.2) is 9.59 Å². The van der Waals surface area contributed by atoms with E-state index in [-0.39, 0.29) is 12.3 Å². The van der Waals surface area contributed by atoms with Gasteiger partial charge in [-0.3, -0.25) is 5.32 Å². The third kappa shape index (κ3) is 6.06. The largest absolute Gasteiger partial charge is 0.461 e. The van der Waals surface area contributed by atoms with E-state index in [1.165, 1.54) is 6.08 Å². The molecular weight excluding hydrogens is 210 g/mol. The minimum Gasteiger partial charge on any atom is -0.461 e. The molecule has 92 valence electrons. The summed E-state index contributed by atoms with van der Waals surface area (Å²) in [4.78, 5) is 22.7. The number of hydrogen-bond donors (Lipinski definition) is 1. The van der Waals surface area contributed by atoms with Crippen LogP contribution in [0, 0.1) is 0 Å². The van der Waals surface area contributed by atoms with Crippen molar-refractivity contribution in [2.75, 3.05) is 6.61 Å². The molecule has 0 saturated carbocycles. The lowest BCUT2D eigenvalue weighted by molar-refractivity contribution is -0.139. The van der Waals surface area contributed by atoms with Crippen LogP contribution in [0.1, 0.15) is 34.6 Å². The molecule has 0 rings (SSSR count). The Kier molecular flexibility index (Phi) is 5.56. The second-order valence-corrected chi connectivity index (χ2v) is 4.05. The van der Waals surface area contributed by atoms with Crippen molar-refractivity contribution in [3.05, 3.63) is 11.8 Å². The van der Waals surface area contributed by atoms with Crippen molar-refractivity contribution in [2.45, 2.75) is 40.2 Å². The van der Waals surface area contributed by atoms with Crippen LogP contribution < -0.4 is 5.32 Å². The molecule has 0 unspecified atom stereocenters. The van der Waals surface area contributed by atoms with Crippen LogP contribution in [0.5, 0.6) is 0 Å². The molecular formula is C11H19NO4. The molecule has 16 heavy (non-hydrogen) atoms. The van der Waals surface area contributed by atoms with Gasteiger partial charge in [0.15, 0.2) is 0 Å². The van der Waals surface area contributed by atoms with Gasteiger partial charge in [0.25, 0.3) is 0 Å². The number of ether oxygens (including phenoxy) is 2. The molecule has 0 aromatic heterocycles. The van der Waals surface area contributed by atoms with Gasteiger partial charge in [0, 0.05) is 0 Å². The highest BCUT2D eigenvalue weighted by Gasteiger charge is 2.19. The highest BCUT2D eigenvalue weighted by Crippen LogP contribution is 2.07. The van der Waals surface area contributed by atoms with Crippen molar-refractivity contribution in [2.24, 2.45) is 0 Å². The van der Waals surface area contributed by atoms with E-state index in [2.05, 4.69) is 5.32 Å². The molecule has 5 nitrogen and oxygen atoms in total. The number of hydrogen-bond acceptors (Lipinski definition) is 4. The van der Waals surface area contributed by atoms with Crippen molar-refractivity contribution in [3.63, 3.8) is 0 Å². The van der Waals surface area contributed by atoms with Crippen LogP contribution in [0.2, 0.25) is 0 Å². The first-order valence-corrected chi connectivity index (χ1v) is 5.13. The normalized spacial score (nSPS) is 11.9. The summed E-state index contributed by atoms with van der Waals surface area (Å²) >= 11 is 0. The Balaban J connectivity index is 4.35. The van der Waals surface area contributed by atoms with Crippen molar-refractivity contribution in [1.29, 1.82) is 0 Å². The Morgan fingerprint density at radius 3 is 2.25 bits per heavy atom. The summed E-state index contributed by atoms with van der Waals surface area (Å²) < 4.78 is 9.75. The average Bonchev–Trinajstić information content (AvgIpc) is 2.11. The topological polar surface area (TPSA) is 64.6 Å². The fourth-order valence-electron chi connectivity index (χ4n) is 0.863.